The molecular formula is C18H22N4O2. The molecule has 126 valence electrons. The van der Waals surface area contributed by atoms with Crippen molar-refractivity contribution >= 4 is 5.52 Å². The SMILES string of the molecule is CC(C)(C)c1cccc(OCCCn2ncn3nccc3c2=O)c1. The molecule has 0 unspecified atom stereocenters. The monoisotopic (exact) mass is 326 g/mol. The molecule has 0 aliphatic rings. The number of hydrogen-bond acceptors (Lipinski definition) is 4. The van der Waals surface area contributed by atoms with E-state index in [1.165, 1.54) is 14.8 Å². The minimum absolute atomic E-state index is 0.0945. The minimum Gasteiger partial charge on any atom is -0.494 e. The van der Waals surface area contributed by atoms with Gasteiger partial charge in [0.15, 0.2) is 0 Å². The van der Waals surface area contributed by atoms with Crippen molar-refractivity contribution in [2.45, 2.75) is 39.2 Å². The number of fused-ring (bicyclic) bond motifs is 1. The van der Waals surface area contributed by atoms with E-state index >= 15 is 0 Å². The van der Waals surface area contributed by atoms with Crippen molar-refractivity contribution in [1.82, 2.24) is 19.4 Å². The van der Waals surface area contributed by atoms with Gasteiger partial charge in [-0.1, -0.05) is 32.9 Å². The zero-order valence-electron chi connectivity index (χ0n) is 14.3. The number of rotatable bonds is 5. The average Bonchev–Trinajstić information content (AvgIpc) is 3.02. The Balaban J connectivity index is 1.59. The molecule has 0 aliphatic carbocycles. The Morgan fingerprint density at radius 2 is 2.00 bits per heavy atom. The highest BCUT2D eigenvalue weighted by Crippen LogP contribution is 2.25. The van der Waals surface area contributed by atoms with Gasteiger partial charge in [-0.05, 0) is 29.2 Å². The van der Waals surface area contributed by atoms with Crippen molar-refractivity contribution in [2.75, 3.05) is 6.61 Å². The average molecular weight is 326 g/mol. The maximum atomic E-state index is 12.2. The highest BCUT2D eigenvalue weighted by Gasteiger charge is 2.13. The molecule has 24 heavy (non-hydrogen) atoms. The highest BCUT2D eigenvalue weighted by atomic mass is 16.5. The molecule has 0 atom stereocenters. The summed E-state index contributed by atoms with van der Waals surface area (Å²) < 4.78 is 8.75. The van der Waals surface area contributed by atoms with Crippen LogP contribution in [-0.4, -0.2) is 26.0 Å². The van der Waals surface area contributed by atoms with Gasteiger partial charge in [-0.3, -0.25) is 4.79 Å². The fourth-order valence-electron chi connectivity index (χ4n) is 2.49. The van der Waals surface area contributed by atoms with E-state index in [1.54, 1.807) is 18.6 Å². The van der Waals surface area contributed by atoms with E-state index in [2.05, 4.69) is 43.1 Å². The maximum Gasteiger partial charge on any atom is 0.292 e. The van der Waals surface area contributed by atoms with Gasteiger partial charge in [0.25, 0.3) is 5.56 Å². The molecule has 3 rings (SSSR count). The summed E-state index contributed by atoms with van der Waals surface area (Å²) in [4.78, 5) is 12.2. The first kappa shape index (κ1) is 16.2. The summed E-state index contributed by atoms with van der Waals surface area (Å²) >= 11 is 0. The molecule has 0 saturated heterocycles. The largest absolute Gasteiger partial charge is 0.494 e. The van der Waals surface area contributed by atoms with Crippen molar-refractivity contribution in [1.29, 1.82) is 0 Å². The lowest BCUT2D eigenvalue weighted by Crippen LogP contribution is -2.25. The Hall–Kier alpha value is -2.63. The quantitative estimate of drug-likeness (QED) is 0.676. The van der Waals surface area contributed by atoms with Crippen LogP contribution in [0.1, 0.15) is 32.8 Å². The molecule has 6 heteroatoms. The number of hydrogen-bond donors (Lipinski definition) is 0. The van der Waals surface area contributed by atoms with Gasteiger partial charge in [-0.2, -0.15) is 10.2 Å². The van der Waals surface area contributed by atoms with Crippen LogP contribution in [0.4, 0.5) is 0 Å². The third-order valence-electron chi connectivity index (χ3n) is 3.91. The minimum atomic E-state index is -0.135. The second kappa shape index (κ2) is 6.47. The first-order chi connectivity index (χ1) is 11.4. The molecule has 2 heterocycles. The molecule has 0 saturated carbocycles. The van der Waals surface area contributed by atoms with Crippen LogP contribution in [0, 0.1) is 0 Å². The van der Waals surface area contributed by atoms with Crippen molar-refractivity contribution in [3.8, 4) is 5.75 Å². The van der Waals surface area contributed by atoms with Crippen LogP contribution in [0.5, 0.6) is 5.75 Å². The van der Waals surface area contributed by atoms with E-state index in [0.717, 1.165) is 5.75 Å². The molecule has 0 spiro atoms. The molecule has 1 aromatic carbocycles. The van der Waals surface area contributed by atoms with Crippen LogP contribution < -0.4 is 10.3 Å². The molecule has 0 fully saturated rings. The summed E-state index contributed by atoms with van der Waals surface area (Å²) in [6.07, 6.45) is 3.84. The van der Waals surface area contributed by atoms with Crippen LogP contribution in [-0.2, 0) is 12.0 Å². The van der Waals surface area contributed by atoms with Crippen LogP contribution in [0.25, 0.3) is 5.52 Å². The number of aromatic nitrogens is 4. The lowest BCUT2D eigenvalue weighted by molar-refractivity contribution is 0.296. The van der Waals surface area contributed by atoms with Gasteiger partial charge in [0.05, 0.1) is 12.8 Å². The molecule has 6 nitrogen and oxygen atoms in total. The smallest absolute Gasteiger partial charge is 0.292 e. The van der Waals surface area contributed by atoms with E-state index in [1.807, 2.05) is 12.1 Å². The molecule has 0 radical (unpaired) electrons. The zero-order valence-corrected chi connectivity index (χ0v) is 14.3. The fraction of sp³-hybridized carbons (Fsp3) is 0.389. The van der Waals surface area contributed by atoms with Gasteiger partial charge < -0.3 is 4.74 Å². The molecule has 0 aliphatic heterocycles. The Labute approximate surface area is 140 Å². The normalized spacial score (nSPS) is 11.8. The molecule has 2 aromatic heterocycles. The van der Waals surface area contributed by atoms with E-state index in [-0.39, 0.29) is 11.0 Å². The van der Waals surface area contributed by atoms with Gasteiger partial charge >= 0.3 is 0 Å². The van der Waals surface area contributed by atoms with Gasteiger partial charge in [-0.15, -0.1) is 0 Å². The van der Waals surface area contributed by atoms with Gasteiger partial charge in [-0.25, -0.2) is 9.20 Å². The van der Waals surface area contributed by atoms with Crippen molar-refractivity contribution < 1.29 is 4.74 Å². The standard InChI is InChI=1S/C18H22N4O2/c1-18(2,3)14-6-4-7-15(12-14)24-11-5-10-21-17(23)16-8-9-19-22(16)13-20-21/h4,6-9,12-13H,5,10-11H2,1-3H3. The summed E-state index contributed by atoms with van der Waals surface area (Å²) in [6, 6.07) is 9.84. The van der Waals surface area contributed by atoms with Crippen LogP contribution in [0.3, 0.4) is 0 Å². The van der Waals surface area contributed by atoms with Gasteiger partial charge in [0, 0.05) is 13.0 Å². The summed E-state index contributed by atoms with van der Waals surface area (Å²) in [5, 5.41) is 8.12. The highest BCUT2D eigenvalue weighted by molar-refractivity contribution is 5.41. The van der Waals surface area contributed by atoms with Gasteiger partial charge in [0.1, 0.15) is 17.6 Å². The zero-order chi connectivity index (χ0) is 17.2. The van der Waals surface area contributed by atoms with Crippen molar-refractivity contribution in [3.05, 3.63) is 58.8 Å². The first-order valence-corrected chi connectivity index (χ1v) is 8.08. The summed E-state index contributed by atoms with van der Waals surface area (Å²) in [6.45, 7) is 7.58. The Bertz CT molecular complexity index is 890. The Kier molecular flexibility index (Phi) is 4.38. The summed E-state index contributed by atoms with van der Waals surface area (Å²) in [5.74, 6) is 0.856. The van der Waals surface area contributed by atoms with Crippen LogP contribution >= 0.6 is 0 Å². The number of benzene rings is 1. The Morgan fingerprint density at radius 3 is 2.79 bits per heavy atom. The second-order valence-electron chi connectivity index (χ2n) is 6.80. The molecule has 0 amide bonds. The van der Waals surface area contributed by atoms with E-state index in [9.17, 15) is 4.79 Å². The lowest BCUT2D eigenvalue weighted by atomic mass is 9.87. The predicted octanol–water partition coefficient (Wildman–Crippen LogP) is 2.66. The number of nitrogens with zero attached hydrogens (tertiary/aromatic N) is 4. The first-order valence-electron chi connectivity index (χ1n) is 8.08. The molecule has 3 aromatic rings. The summed E-state index contributed by atoms with van der Waals surface area (Å²) in [5.41, 5.74) is 1.73. The third-order valence-corrected chi connectivity index (χ3v) is 3.91. The maximum absolute atomic E-state index is 12.2. The Morgan fingerprint density at radius 1 is 1.17 bits per heavy atom. The fourth-order valence-corrected chi connectivity index (χ4v) is 2.49. The van der Waals surface area contributed by atoms with Crippen molar-refractivity contribution in [3.63, 3.8) is 0 Å². The van der Waals surface area contributed by atoms with Gasteiger partial charge in [0.2, 0.25) is 0 Å². The molecule has 0 N–H and O–H groups in total. The lowest BCUT2D eigenvalue weighted by Gasteiger charge is -2.19. The topological polar surface area (TPSA) is 61.4 Å². The molecule has 0 bridgehead atoms. The van der Waals surface area contributed by atoms with Crippen molar-refractivity contribution in [2.24, 2.45) is 0 Å². The van der Waals surface area contributed by atoms with E-state index in [0.29, 0.717) is 25.1 Å². The third kappa shape index (κ3) is 3.48. The van der Waals surface area contributed by atoms with E-state index < -0.39 is 0 Å². The predicted molar refractivity (Wildman–Crippen MR) is 92.5 cm³/mol. The summed E-state index contributed by atoms with van der Waals surface area (Å²) in [7, 11) is 0. The van der Waals surface area contributed by atoms with E-state index in [4.69, 9.17) is 4.74 Å². The number of aryl methyl sites for hydroxylation is 1. The molecular weight excluding hydrogens is 304 g/mol. The second-order valence-corrected chi connectivity index (χ2v) is 6.80. The van der Waals surface area contributed by atoms with Crippen LogP contribution in [0.2, 0.25) is 0 Å². The van der Waals surface area contributed by atoms with Crippen LogP contribution in [0.15, 0.2) is 47.7 Å². The number of ether oxygens (including phenoxy) is 1.